The van der Waals surface area contributed by atoms with Crippen LogP contribution < -0.4 is 5.32 Å². The number of rotatable bonds is 4. The van der Waals surface area contributed by atoms with E-state index in [0.29, 0.717) is 21.3 Å². The van der Waals surface area contributed by atoms with Gasteiger partial charge < -0.3 is 10.4 Å². The molecule has 5 heteroatoms. The predicted octanol–water partition coefficient (Wildman–Crippen LogP) is 3.73. The van der Waals surface area contributed by atoms with Gasteiger partial charge in [0.25, 0.3) is 0 Å². The summed E-state index contributed by atoms with van der Waals surface area (Å²) in [6, 6.07) is 16.0. The molecule has 0 bridgehead atoms. The van der Waals surface area contributed by atoms with Gasteiger partial charge in [0.1, 0.15) is 0 Å². The molecular weight excluding hydrogens is 332 g/mol. The predicted molar refractivity (Wildman–Crippen MR) is 83.9 cm³/mol. The summed E-state index contributed by atoms with van der Waals surface area (Å²) < 4.78 is 0.643. The smallest absolute Gasteiger partial charge is 0.333 e. The molecule has 106 valence electrons. The number of benzene rings is 2. The molecule has 1 unspecified atom stereocenters. The number of hydrogen-bond donors (Lipinski definition) is 2. The van der Waals surface area contributed by atoms with Crippen molar-refractivity contribution >= 4 is 27.6 Å². The first-order valence-corrected chi connectivity index (χ1v) is 7.03. The number of aliphatic carboxylic acids is 1. The standard InChI is InChI=1S/C16H13BrN2O2/c1-16(15(20)21,12-5-3-2-4-6-12)19-14-8-7-11(10-18)9-13(14)17/h2-9,19H,1H3,(H,20,21). The van der Waals surface area contributed by atoms with Crippen LogP contribution in [0.3, 0.4) is 0 Å². The minimum Gasteiger partial charge on any atom is -0.479 e. The number of nitrogens with zero attached hydrogens (tertiary/aromatic N) is 1. The average Bonchev–Trinajstić information content (AvgIpc) is 2.49. The molecule has 0 saturated heterocycles. The van der Waals surface area contributed by atoms with Gasteiger partial charge in [-0.2, -0.15) is 5.26 Å². The zero-order valence-electron chi connectivity index (χ0n) is 11.3. The van der Waals surface area contributed by atoms with E-state index in [-0.39, 0.29) is 0 Å². The normalized spacial score (nSPS) is 13.0. The molecule has 0 radical (unpaired) electrons. The van der Waals surface area contributed by atoms with Gasteiger partial charge in [0, 0.05) is 10.2 Å². The molecule has 0 amide bonds. The van der Waals surface area contributed by atoms with Gasteiger partial charge in [-0.15, -0.1) is 0 Å². The van der Waals surface area contributed by atoms with Crippen molar-refractivity contribution in [1.82, 2.24) is 0 Å². The Labute approximate surface area is 131 Å². The topological polar surface area (TPSA) is 73.1 Å². The summed E-state index contributed by atoms with van der Waals surface area (Å²) in [5, 5.41) is 21.5. The van der Waals surface area contributed by atoms with Crippen molar-refractivity contribution in [3.63, 3.8) is 0 Å². The van der Waals surface area contributed by atoms with Crippen LogP contribution in [0.25, 0.3) is 0 Å². The Morgan fingerprint density at radius 3 is 2.48 bits per heavy atom. The molecule has 0 aliphatic rings. The Morgan fingerprint density at radius 2 is 1.95 bits per heavy atom. The molecule has 1 atom stereocenters. The number of nitriles is 1. The van der Waals surface area contributed by atoms with Gasteiger partial charge >= 0.3 is 5.97 Å². The van der Waals surface area contributed by atoms with Gasteiger partial charge in [0.2, 0.25) is 0 Å². The van der Waals surface area contributed by atoms with Gasteiger partial charge in [-0.05, 0) is 46.6 Å². The Balaban J connectivity index is 2.43. The van der Waals surface area contributed by atoms with E-state index in [4.69, 9.17) is 5.26 Å². The molecule has 4 nitrogen and oxygen atoms in total. The fourth-order valence-corrected chi connectivity index (χ4v) is 2.45. The van der Waals surface area contributed by atoms with E-state index in [0.717, 1.165) is 0 Å². The first-order valence-electron chi connectivity index (χ1n) is 6.24. The van der Waals surface area contributed by atoms with Gasteiger partial charge in [-0.25, -0.2) is 4.79 Å². The molecule has 2 N–H and O–H groups in total. The second-order valence-electron chi connectivity index (χ2n) is 4.73. The van der Waals surface area contributed by atoms with Gasteiger partial charge in [0.15, 0.2) is 5.54 Å². The van der Waals surface area contributed by atoms with E-state index in [9.17, 15) is 9.90 Å². The van der Waals surface area contributed by atoms with Gasteiger partial charge in [-0.1, -0.05) is 30.3 Å². The van der Waals surface area contributed by atoms with Crippen LogP contribution in [0, 0.1) is 11.3 Å². The highest BCUT2D eigenvalue weighted by molar-refractivity contribution is 9.10. The summed E-state index contributed by atoms with van der Waals surface area (Å²) >= 11 is 3.36. The molecule has 0 aliphatic heterocycles. The monoisotopic (exact) mass is 344 g/mol. The van der Waals surface area contributed by atoms with Crippen molar-refractivity contribution in [2.24, 2.45) is 0 Å². The zero-order valence-corrected chi connectivity index (χ0v) is 12.9. The highest BCUT2D eigenvalue weighted by Gasteiger charge is 2.35. The van der Waals surface area contributed by atoms with Crippen molar-refractivity contribution in [3.8, 4) is 6.07 Å². The molecule has 0 fully saturated rings. The van der Waals surface area contributed by atoms with Crippen LogP contribution in [-0.4, -0.2) is 11.1 Å². The fourth-order valence-electron chi connectivity index (χ4n) is 1.98. The zero-order chi connectivity index (χ0) is 15.5. The Morgan fingerprint density at radius 1 is 1.29 bits per heavy atom. The van der Waals surface area contributed by atoms with E-state index in [1.165, 1.54) is 0 Å². The van der Waals surface area contributed by atoms with Crippen LogP contribution in [0.4, 0.5) is 5.69 Å². The Hall–Kier alpha value is -2.32. The Kier molecular flexibility index (Phi) is 4.29. The quantitative estimate of drug-likeness (QED) is 0.886. The third-order valence-electron chi connectivity index (χ3n) is 3.26. The molecule has 2 aromatic rings. The van der Waals surface area contributed by atoms with Crippen LogP contribution in [-0.2, 0) is 10.3 Å². The highest BCUT2D eigenvalue weighted by Crippen LogP contribution is 2.31. The second kappa shape index (κ2) is 5.98. The first kappa shape index (κ1) is 15.1. The maximum atomic E-state index is 11.7. The summed E-state index contributed by atoms with van der Waals surface area (Å²) in [5.41, 5.74) is 0.499. The van der Waals surface area contributed by atoms with Crippen LogP contribution in [0.1, 0.15) is 18.1 Å². The number of anilines is 1. The SMILES string of the molecule is CC(Nc1ccc(C#N)cc1Br)(C(=O)O)c1ccccc1. The summed E-state index contributed by atoms with van der Waals surface area (Å²) in [4.78, 5) is 11.7. The number of hydrogen-bond acceptors (Lipinski definition) is 3. The van der Waals surface area contributed by atoms with E-state index < -0.39 is 11.5 Å². The molecule has 0 spiro atoms. The number of nitrogens with one attached hydrogen (secondary N) is 1. The molecule has 2 aromatic carbocycles. The summed E-state index contributed by atoms with van der Waals surface area (Å²) in [6.45, 7) is 1.61. The minimum absolute atomic E-state index is 0.504. The summed E-state index contributed by atoms with van der Waals surface area (Å²) in [6.07, 6.45) is 0. The van der Waals surface area contributed by atoms with Crippen LogP contribution in [0.5, 0.6) is 0 Å². The number of carboxylic acids is 1. The molecule has 0 aromatic heterocycles. The summed E-state index contributed by atoms with van der Waals surface area (Å²) in [5.74, 6) is -0.982. The van der Waals surface area contributed by atoms with Crippen LogP contribution in [0.2, 0.25) is 0 Å². The van der Waals surface area contributed by atoms with E-state index >= 15 is 0 Å². The van der Waals surface area contributed by atoms with Crippen molar-refractivity contribution in [2.75, 3.05) is 5.32 Å². The molecular formula is C16H13BrN2O2. The van der Waals surface area contributed by atoms with E-state index in [2.05, 4.69) is 21.2 Å². The maximum absolute atomic E-state index is 11.7. The van der Waals surface area contributed by atoms with Gasteiger partial charge in [0.05, 0.1) is 11.6 Å². The first-order chi connectivity index (χ1) is 9.97. The number of carboxylic acid groups (broad SMARTS) is 1. The van der Waals surface area contributed by atoms with Crippen molar-refractivity contribution in [1.29, 1.82) is 5.26 Å². The molecule has 2 rings (SSSR count). The van der Waals surface area contributed by atoms with Crippen molar-refractivity contribution in [2.45, 2.75) is 12.5 Å². The minimum atomic E-state index is -1.27. The molecule has 0 heterocycles. The van der Waals surface area contributed by atoms with E-state index in [1.54, 1.807) is 49.4 Å². The number of halogens is 1. The largest absolute Gasteiger partial charge is 0.479 e. The average molecular weight is 345 g/mol. The lowest BCUT2D eigenvalue weighted by Crippen LogP contribution is -2.40. The van der Waals surface area contributed by atoms with Crippen LogP contribution >= 0.6 is 15.9 Å². The van der Waals surface area contributed by atoms with Crippen LogP contribution in [0.15, 0.2) is 53.0 Å². The molecule has 0 saturated carbocycles. The highest BCUT2D eigenvalue weighted by atomic mass is 79.9. The van der Waals surface area contributed by atoms with Gasteiger partial charge in [-0.3, -0.25) is 0 Å². The maximum Gasteiger partial charge on any atom is 0.333 e. The third-order valence-corrected chi connectivity index (χ3v) is 3.92. The van der Waals surface area contributed by atoms with Crippen molar-refractivity contribution in [3.05, 3.63) is 64.1 Å². The summed E-state index contributed by atoms with van der Waals surface area (Å²) in [7, 11) is 0. The lowest BCUT2D eigenvalue weighted by atomic mass is 9.91. The lowest BCUT2D eigenvalue weighted by molar-refractivity contribution is -0.142. The molecule has 21 heavy (non-hydrogen) atoms. The molecule has 0 aliphatic carbocycles. The third kappa shape index (κ3) is 3.06. The van der Waals surface area contributed by atoms with E-state index in [1.807, 2.05) is 12.1 Å². The fraction of sp³-hybridized carbons (Fsp3) is 0.125. The number of carbonyl (C=O) groups is 1. The second-order valence-corrected chi connectivity index (χ2v) is 5.58. The Bertz CT molecular complexity index is 710. The van der Waals surface area contributed by atoms with Crippen molar-refractivity contribution < 1.29 is 9.90 Å². The lowest BCUT2D eigenvalue weighted by Gasteiger charge is -2.28.